The number of thiophene rings is 1. The van der Waals surface area contributed by atoms with Crippen molar-refractivity contribution in [1.29, 1.82) is 0 Å². The summed E-state index contributed by atoms with van der Waals surface area (Å²) >= 11 is 3.18. The lowest BCUT2D eigenvalue weighted by atomic mass is 10.1. The molecule has 0 saturated carbocycles. The average molecular weight is 751 g/mol. The minimum Gasteiger partial charge on any atom is -0.475 e. The number of hydrazone groups is 1. The van der Waals surface area contributed by atoms with E-state index in [0.717, 1.165) is 51.4 Å². The van der Waals surface area contributed by atoms with E-state index < -0.39 is 10.7 Å². The lowest BCUT2D eigenvalue weighted by molar-refractivity contribution is -0.131. The Kier molecular flexibility index (Phi) is 10.7. The molecule has 1 aromatic carbocycles. The second kappa shape index (κ2) is 15.6. The van der Waals surface area contributed by atoms with Gasteiger partial charge in [0.15, 0.2) is 0 Å². The molecule has 3 aliphatic rings. The molecule has 0 aliphatic carbocycles. The van der Waals surface area contributed by atoms with Gasteiger partial charge in [-0.2, -0.15) is 15.2 Å². The summed E-state index contributed by atoms with van der Waals surface area (Å²) < 4.78 is 5.22. The van der Waals surface area contributed by atoms with E-state index in [4.69, 9.17) is 4.74 Å². The number of carbonyl (C=O) groups is 3. The highest BCUT2D eigenvalue weighted by molar-refractivity contribution is 8.00. The molecular weight excluding hydrogens is 709 g/mol. The number of rotatable bonds is 9. The molecule has 14 heteroatoms. The number of thioether (sulfide) groups is 1. The molecule has 1 fully saturated rings. The molecule has 2 atom stereocenters. The number of amides is 3. The maximum Gasteiger partial charge on any atom is 0.300 e. The number of pyridine rings is 1. The highest BCUT2D eigenvalue weighted by atomic mass is 32.2. The van der Waals surface area contributed by atoms with Crippen molar-refractivity contribution in [3.05, 3.63) is 59.6 Å². The molecule has 1 unspecified atom stereocenters. The highest BCUT2D eigenvalue weighted by Gasteiger charge is 2.37. The van der Waals surface area contributed by atoms with Crippen LogP contribution in [0, 0.1) is 17.8 Å². The van der Waals surface area contributed by atoms with Crippen molar-refractivity contribution in [3.63, 3.8) is 0 Å². The van der Waals surface area contributed by atoms with Crippen molar-refractivity contribution in [2.45, 2.75) is 50.9 Å². The zero-order valence-electron chi connectivity index (χ0n) is 30.2. The molecule has 1 saturated heterocycles. The third-order valence-corrected chi connectivity index (χ3v) is 11.9. The minimum atomic E-state index is -0.443. The molecule has 4 aromatic rings. The standard InChI is InChI=1S/C39H42N8O4S2/c1-25(2)51-34-9-5-28(22-40-34)38-30-20-29(6-7-31(30)43-44-38)42-33(48)11-14-39(52-4)15-18-45(24-39)23-36(50)46-16-12-27(13-17-46)32-8-10-37(53-32)47-35(49)19-26(3)21-41-47/h5-10,12,20-22,25-26H,13,15-19,23-24H2,1-4H3,(H,42,48)(H,43,44)/t26?,39-/m0/s1. The molecule has 0 spiro atoms. The van der Waals surface area contributed by atoms with E-state index in [2.05, 4.69) is 48.4 Å². The molecule has 274 valence electrons. The number of aromatic amines is 1. The van der Waals surface area contributed by atoms with Crippen LogP contribution in [0.2, 0.25) is 0 Å². The van der Waals surface area contributed by atoms with Crippen LogP contribution in [0.25, 0.3) is 27.7 Å². The largest absolute Gasteiger partial charge is 0.475 e. The van der Waals surface area contributed by atoms with Crippen LogP contribution in [0.1, 0.15) is 44.9 Å². The van der Waals surface area contributed by atoms with Crippen molar-refractivity contribution in [2.24, 2.45) is 11.0 Å². The first-order valence-corrected chi connectivity index (χ1v) is 19.8. The van der Waals surface area contributed by atoms with Crippen LogP contribution in [-0.2, 0) is 14.4 Å². The van der Waals surface area contributed by atoms with Crippen LogP contribution in [-0.4, -0.2) is 98.7 Å². The van der Waals surface area contributed by atoms with E-state index >= 15 is 0 Å². The van der Waals surface area contributed by atoms with Crippen molar-refractivity contribution in [1.82, 2.24) is 25.0 Å². The molecule has 53 heavy (non-hydrogen) atoms. The maximum absolute atomic E-state index is 13.4. The fourth-order valence-corrected chi connectivity index (χ4v) is 8.46. The van der Waals surface area contributed by atoms with Gasteiger partial charge in [0.25, 0.3) is 5.91 Å². The Labute approximate surface area is 317 Å². The number of hydrogen-bond acceptors (Lipinski definition) is 10. The molecular formula is C39H42N8O4S2. The maximum atomic E-state index is 13.4. The second-order valence-electron chi connectivity index (χ2n) is 13.9. The Morgan fingerprint density at radius 2 is 2.06 bits per heavy atom. The first kappa shape index (κ1) is 36.4. The van der Waals surface area contributed by atoms with Crippen LogP contribution in [0.5, 0.6) is 5.88 Å². The Balaban J connectivity index is 0.929. The number of benzene rings is 1. The van der Waals surface area contributed by atoms with Crippen LogP contribution in [0.15, 0.2) is 59.8 Å². The molecule has 7 rings (SSSR count). The van der Waals surface area contributed by atoms with Gasteiger partial charge in [0.05, 0.1) is 22.9 Å². The molecule has 0 bridgehead atoms. The Morgan fingerprint density at radius 3 is 2.79 bits per heavy atom. The molecule has 3 amide bonds. The number of ether oxygens (including phenoxy) is 1. The summed E-state index contributed by atoms with van der Waals surface area (Å²) in [5, 5.41) is 17.9. The summed E-state index contributed by atoms with van der Waals surface area (Å²) in [5.41, 5.74) is 4.19. The third kappa shape index (κ3) is 8.32. The van der Waals surface area contributed by atoms with E-state index in [1.54, 1.807) is 29.3 Å². The van der Waals surface area contributed by atoms with E-state index in [-0.39, 0.29) is 23.8 Å². The van der Waals surface area contributed by atoms with Gasteiger partial charge in [-0.1, -0.05) is 18.9 Å². The molecule has 0 radical (unpaired) electrons. The monoisotopic (exact) mass is 750 g/mol. The number of hydrogen-bond donors (Lipinski definition) is 2. The highest BCUT2D eigenvalue weighted by Crippen LogP contribution is 2.36. The number of H-pyrrole nitrogens is 1. The number of carbonyl (C=O) groups excluding carboxylic acids is 3. The van der Waals surface area contributed by atoms with Crippen LogP contribution < -0.4 is 15.1 Å². The molecule has 3 aromatic heterocycles. The van der Waals surface area contributed by atoms with Crippen molar-refractivity contribution in [2.75, 3.05) is 49.3 Å². The molecule has 3 aliphatic heterocycles. The van der Waals surface area contributed by atoms with Gasteiger partial charge in [-0.3, -0.25) is 24.4 Å². The summed E-state index contributed by atoms with van der Waals surface area (Å²) in [4.78, 5) is 48.4. The molecule has 12 nitrogen and oxygen atoms in total. The van der Waals surface area contributed by atoms with Crippen molar-refractivity contribution in [3.8, 4) is 29.0 Å². The second-order valence-corrected chi connectivity index (χ2v) is 16.1. The quantitative estimate of drug-likeness (QED) is 0.202. The topological polar surface area (TPSA) is 136 Å². The zero-order chi connectivity index (χ0) is 37.1. The SMILES string of the molecule is CS[C@@]1(C#CC(=O)Nc2ccc3[nH]nc(-c4ccc(OC(C)C)nc4)c3c2)CCN(CC(=O)N2CC=C(c3ccc(N4N=CC(C)CC4=O)s3)CC2)C1. The number of anilines is 2. The number of fused-ring (bicyclic) bond motifs is 1. The number of nitrogens with one attached hydrogen (secondary N) is 2. The van der Waals surface area contributed by atoms with Crippen molar-refractivity contribution < 1.29 is 19.1 Å². The normalized spacial score (nSPS) is 20.4. The minimum absolute atomic E-state index is 0.0107. The van der Waals surface area contributed by atoms with Gasteiger partial charge in [-0.25, -0.2) is 4.98 Å². The van der Waals surface area contributed by atoms with E-state index in [1.165, 1.54) is 10.6 Å². The smallest absolute Gasteiger partial charge is 0.300 e. The lowest BCUT2D eigenvalue weighted by Gasteiger charge is -2.28. The first-order valence-electron chi connectivity index (χ1n) is 17.7. The fraction of sp³-hybridized carbons (Fsp3) is 0.385. The van der Waals surface area contributed by atoms with E-state index in [1.807, 2.05) is 80.6 Å². The fourth-order valence-electron chi connectivity index (χ4n) is 6.65. The van der Waals surface area contributed by atoms with E-state index in [0.29, 0.717) is 44.2 Å². The lowest BCUT2D eigenvalue weighted by Crippen LogP contribution is -2.42. The van der Waals surface area contributed by atoms with Gasteiger partial charge < -0.3 is 15.0 Å². The molecule has 2 N–H and O–H groups in total. The Hall–Kier alpha value is -4.97. The molecule has 6 heterocycles. The number of likely N-dealkylation sites (tertiary alicyclic amines) is 1. The first-order chi connectivity index (χ1) is 25.6. The van der Waals surface area contributed by atoms with Gasteiger partial charge in [-0.15, -0.1) is 23.1 Å². The average Bonchev–Trinajstić information content (AvgIpc) is 3.90. The third-order valence-electron chi connectivity index (χ3n) is 9.50. The predicted molar refractivity (Wildman–Crippen MR) is 212 cm³/mol. The summed E-state index contributed by atoms with van der Waals surface area (Å²) in [7, 11) is 0. The summed E-state index contributed by atoms with van der Waals surface area (Å²) in [6.07, 6.45) is 9.67. The van der Waals surface area contributed by atoms with Crippen molar-refractivity contribution >= 4 is 74.2 Å². The van der Waals surface area contributed by atoms with Gasteiger partial charge in [-0.05, 0) is 80.8 Å². The number of nitrogens with zero attached hydrogens (tertiary/aromatic N) is 6. The van der Waals surface area contributed by atoms with Gasteiger partial charge in [0, 0.05) is 78.5 Å². The zero-order valence-corrected chi connectivity index (χ0v) is 31.9. The summed E-state index contributed by atoms with van der Waals surface area (Å²) in [6, 6.07) is 13.3. The van der Waals surface area contributed by atoms with Crippen LogP contribution in [0.4, 0.5) is 10.7 Å². The summed E-state index contributed by atoms with van der Waals surface area (Å²) in [5.74, 6) is 6.48. The predicted octanol–water partition coefficient (Wildman–Crippen LogP) is 5.90. The Bertz CT molecular complexity index is 2150. The van der Waals surface area contributed by atoms with Gasteiger partial charge in [0.1, 0.15) is 10.7 Å². The summed E-state index contributed by atoms with van der Waals surface area (Å²) in [6.45, 7) is 8.72. The van der Waals surface area contributed by atoms with Gasteiger partial charge >= 0.3 is 0 Å². The van der Waals surface area contributed by atoms with Gasteiger partial charge in [0.2, 0.25) is 17.7 Å². The van der Waals surface area contributed by atoms with Crippen LogP contribution >= 0.6 is 23.1 Å². The van der Waals surface area contributed by atoms with Crippen LogP contribution in [0.3, 0.4) is 0 Å². The number of aromatic nitrogens is 3. The Morgan fingerprint density at radius 1 is 1.19 bits per heavy atom. The van der Waals surface area contributed by atoms with E-state index in [9.17, 15) is 14.4 Å².